The van der Waals surface area contributed by atoms with Crippen molar-refractivity contribution in [2.45, 2.75) is 19.4 Å². The van der Waals surface area contributed by atoms with Gasteiger partial charge in [0.2, 0.25) is 0 Å². The number of nitrogens with zero attached hydrogens (tertiary/aromatic N) is 2. The number of nitriles is 1. The van der Waals surface area contributed by atoms with E-state index in [-0.39, 0.29) is 11.5 Å². The topological polar surface area (TPSA) is 92.4 Å². The number of phenols is 1. The average Bonchev–Trinajstić information content (AvgIpc) is 2.75. The second kappa shape index (κ2) is 7.64. The quantitative estimate of drug-likeness (QED) is 0.726. The highest BCUT2D eigenvalue weighted by Gasteiger charge is 2.25. The monoisotopic (exact) mass is 386 g/mol. The molecule has 29 heavy (non-hydrogen) atoms. The van der Waals surface area contributed by atoms with E-state index in [1.807, 2.05) is 13.0 Å². The third-order valence-corrected chi connectivity index (χ3v) is 4.93. The number of ketones is 1. The van der Waals surface area contributed by atoms with Crippen LogP contribution < -0.4 is 9.47 Å². The van der Waals surface area contributed by atoms with E-state index < -0.39 is 6.10 Å². The minimum Gasteiger partial charge on any atom is -0.507 e. The minimum atomic E-state index is -0.637. The lowest BCUT2D eigenvalue weighted by Gasteiger charge is -2.25. The van der Waals surface area contributed by atoms with Crippen LogP contribution in [0.4, 0.5) is 0 Å². The third kappa shape index (κ3) is 3.50. The summed E-state index contributed by atoms with van der Waals surface area (Å²) in [5, 5.41) is 19.6. The lowest BCUT2D eigenvalue weighted by Crippen LogP contribution is -2.17. The van der Waals surface area contributed by atoms with Crippen LogP contribution in [0.1, 0.15) is 45.1 Å². The highest BCUT2D eigenvalue weighted by molar-refractivity contribution is 6.00. The van der Waals surface area contributed by atoms with Gasteiger partial charge in [-0.05, 0) is 49.4 Å². The second-order valence-electron chi connectivity index (χ2n) is 6.75. The van der Waals surface area contributed by atoms with Gasteiger partial charge in [-0.1, -0.05) is 0 Å². The first kappa shape index (κ1) is 18.5. The van der Waals surface area contributed by atoms with Crippen LogP contribution in [0.15, 0.2) is 54.9 Å². The molecule has 0 fully saturated rings. The minimum absolute atomic E-state index is 0.0343. The van der Waals surface area contributed by atoms with Crippen LogP contribution in [0.25, 0.3) is 0 Å². The molecule has 144 valence electrons. The van der Waals surface area contributed by atoms with Crippen molar-refractivity contribution in [1.29, 1.82) is 5.26 Å². The van der Waals surface area contributed by atoms with Crippen molar-refractivity contribution < 1.29 is 19.4 Å². The maximum absolute atomic E-state index is 12.1. The van der Waals surface area contributed by atoms with E-state index in [2.05, 4.69) is 4.98 Å². The Morgan fingerprint density at radius 3 is 2.72 bits per heavy atom. The zero-order valence-corrected chi connectivity index (χ0v) is 15.8. The summed E-state index contributed by atoms with van der Waals surface area (Å²) in [5.74, 6) is 1.10. The summed E-state index contributed by atoms with van der Waals surface area (Å²) in [6, 6.07) is 13.8. The smallest absolute Gasteiger partial charge is 0.170 e. The molecule has 0 saturated carbocycles. The molecule has 2 aromatic carbocycles. The number of hydrogen-bond acceptors (Lipinski definition) is 6. The Morgan fingerprint density at radius 1 is 1.21 bits per heavy atom. The number of ether oxygens (including phenoxy) is 2. The van der Waals surface area contributed by atoms with E-state index in [0.29, 0.717) is 41.2 Å². The predicted octanol–water partition coefficient (Wildman–Crippen LogP) is 4.10. The number of carbonyl (C=O) groups is 1. The lowest BCUT2D eigenvalue weighted by atomic mass is 9.98. The number of pyridine rings is 1. The number of aromatic nitrogens is 1. The normalized spacial score (nSPS) is 13.7. The molecule has 6 heteroatoms. The largest absolute Gasteiger partial charge is 0.507 e. The summed E-state index contributed by atoms with van der Waals surface area (Å²) in [6.07, 6.45) is 3.02. The molecular formula is C23H18N2O4. The van der Waals surface area contributed by atoms with Crippen molar-refractivity contribution in [1.82, 2.24) is 4.98 Å². The molecule has 2 heterocycles. The van der Waals surface area contributed by atoms with Crippen molar-refractivity contribution in [3.63, 3.8) is 0 Å². The molecule has 0 bridgehead atoms. The van der Waals surface area contributed by atoms with Gasteiger partial charge in [0, 0.05) is 35.5 Å². The maximum Gasteiger partial charge on any atom is 0.170 e. The third-order valence-electron chi connectivity index (χ3n) is 4.93. The molecule has 0 aliphatic carbocycles. The van der Waals surface area contributed by atoms with Gasteiger partial charge in [-0.15, -0.1) is 0 Å². The number of fused-ring (bicyclic) bond motifs is 1. The summed E-state index contributed by atoms with van der Waals surface area (Å²) < 4.78 is 12.0. The summed E-state index contributed by atoms with van der Waals surface area (Å²) in [5.41, 5.74) is 2.94. The van der Waals surface area contributed by atoms with Gasteiger partial charge in [0.25, 0.3) is 0 Å². The van der Waals surface area contributed by atoms with E-state index in [1.54, 1.807) is 48.8 Å². The summed E-state index contributed by atoms with van der Waals surface area (Å²) in [6.45, 7) is 2.19. The van der Waals surface area contributed by atoms with Crippen LogP contribution in [0.3, 0.4) is 0 Å². The van der Waals surface area contributed by atoms with Gasteiger partial charge in [-0.2, -0.15) is 5.26 Å². The highest BCUT2D eigenvalue weighted by Crippen LogP contribution is 2.39. The Bertz CT molecular complexity index is 1120. The standard InChI is InChI=1S/C23H18N2O4/c1-14-21(5-4-17-19(26)8-11-28-22(14)17)29-23(16-6-9-25-10-7-16)18-3-2-15(13-24)12-20(18)27/h2-7,9-10,12,23,27H,8,11H2,1H3/t23-/m1/s1. The van der Waals surface area contributed by atoms with Gasteiger partial charge >= 0.3 is 0 Å². The summed E-state index contributed by atoms with van der Waals surface area (Å²) in [4.78, 5) is 16.2. The Balaban J connectivity index is 1.78. The number of Topliss-reactive ketones (excluding diaryl/α,β-unsaturated/α-hetero) is 1. The zero-order chi connectivity index (χ0) is 20.4. The zero-order valence-electron chi connectivity index (χ0n) is 15.8. The first-order valence-electron chi connectivity index (χ1n) is 9.17. The van der Waals surface area contributed by atoms with Crippen LogP contribution in [0.2, 0.25) is 0 Å². The van der Waals surface area contributed by atoms with Crippen LogP contribution in [-0.2, 0) is 0 Å². The van der Waals surface area contributed by atoms with Gasteiger partial charge in [-0.25, -0.2) is 0 Å². The van der Waals surface area contributed by atoms with E-state index in [9.17, 15) is 9.90 Å². The molecule has 0 radical (unpaired) electrons. The molecule has 0 amide bonds. The Hall–Kier alpha value is -3.85. The molecule has 1 N–H and O–H groups in total. The molecule has 0 saturated heterocycles. The fourth-order valence-corrected chi connectivity index (χ4v) is 3.40. The molecular weight excluding hydrogens is 368 g/mol. The molecule has 1 aliphatic heterocycles. The first-order valence-corrected chi connectivity index (χ1v) is 9.17. The van der Waals surface area contributed by atoms with Crippen molar-refractivity contribution in [2.75, 3.05) is 6.61 Å². The van der Waals surface area contributed by atoms with Crippen LogP contribution in [0, 0.1) is 18.3 Å². The van der Waals surface area contributed by atoms with Gasteiger partial charge in [-0.3, -0.25) is 9.78 Å². The van der Waals surface area contributed by atoms with E-state index in [1.165, 1.54) is 6.07 Å². The molecule has 3 aromatic rings. The summed E-state index contributed by atoms with van der Waals surface area (Å²) in [7, 11) is 0. The summed E-state index contributed by atoms with van der Waals surface area (Å²) >= 11 is 0. The maximum atomic E-state index is 12.1. The van der Waals surface area contributed by atoms with Crippen molar-refractivity contribution in [3.05, 3.63) is 82.7 Å². The first-order chi connectivity index (χ1) is 14.1. The Labute approximate surface area is 168 Å². The molecule has 1 aliphatic rings. The molecule has 6 nitrogen and oxygen atoms in total. The molecule has 0 unspecified atom stereocenters. The van der Waals surface area contributed by atoms with Crippen molar-refractivity contribution in [3.8, 4) is 23.3 Å². The lowest BCUT2D eigenvalue weighted by molar-refractivity contribution is 0.0932. The number of hydrogen-bond donors (Lipinski definition) is 1. The van der Waals surface area contributed by atoms with Gasteiger partial charge in [0.05, 0.1) is 23.8 Å². The second-order valence-corrected chi connectivity index (χ2v) is 6.75. The average molecular weight is 386 g/mol. The number of phenolic OH excluding ortho intramolecular Hbond substituents is 1. The molecule has 0 spiro atoms. The highest BCUT2D eigenvalue weighted by atomic mass is 16.5. The molecule has 4 rings (SSSR count). The van der Waals surface area contributed by atoms with E-state index >= 15 is 0 Å². The van der Waals surface area contributed by atoms with Crippen LogP contribution >= 0.6 is 0 Å². The number of aromatic hydroxyl groups is 1. The predicted molar refractivity (Wildman–Crippen MR) is 105 cm³/mol. The van der Waals surface area contributed by atoms with Crippen molar-refractivity contribution in [2.24, 2.45) is 0 Å². The van der Waals surface area contributed by atoms with Crippen LogP contribution in [0.5, 0.6) is 17.2 Å². The molecule has 1 aromatic heterocycles. The fourth-order valence-electron chi connectivity index (χ4n) is 3.40. The SMILES string of the molecule is Cc1c(O[C@H](c2ccncc2)c2ccc(C#N)cc2O)ccc2c1OCCC2=O. The molecule has 1 atom stereocenters. The number of rotatable bonds is 4. The van der Waals surface area contributed by atoms with Gasteiger partial charge in [0.1, 0.15) is 17.2 Å². The van der Waals surface area contributed by atoms with E-state index in [4.69, 9.17) is 14.7 Å². The van der Waals surface area contributed by atoms with Crippen LogP contribution in [-0.4, -0.2) is 22.5 Å². The number of benzene rings is 2. The van der Waals surface area contributed by atoms with Gasteiger partial charge < -0.3 is 14.6 Å². The van der Waals surface area contributed by atoms with Gasteiger partial charge in [0.15, 0.2) is 11.9 Å². The van der Waals surface area contributed by atoms with E-state index in [0.717, 1.165) is 11.1 Å². The Kier molecular flexibility index (Phi) is 4.88. The Morgan fingerprint density at radius 2 is 2.00 bits per heavy atom. The van der Waals surface area contributed by atoms with Crippen molar-refractivity contribution >= 4 is 5.78 Å². The fraction of sp³-hybridized carbons (Fsp3) is 0.174. The number of carbonyl (C=O) groups excluding carboxylic acids is 1.